The molecule has 1 aromatic heterocycles. The van der Waals surface area contributed by atoms with Crippen LogP contribution in [0.3, 0.4) is 0 Å². The van der Waals surface area contributed by atoms with Gasteiger partial charge in [-0.05, 0) is 6.72 Å². The van der Waals surface area contributed by atoms with Gasteiger partial charge in [0.1, 0.15) is 0 Å². The van der Waals surface area contributed by atoms with E-state index < -0.39 is 0 Å². The topological polar surface area (TPSA) is 61.0 Å². The van der Waals surface area contributed by atoms with Crippen LogP contribution in [-0.4, -0.2) is 16.7 Å². The van der Waals surface area contributed by atoms with Crippen LogP contribution in [0.15, 0.2) is 9.79 Å². The summed E-state index contributed by atoms with van der Waals surface area (Å²) in [6, 6.07) is 0. The zero-order chi connectivity index (χ0) is 7.56. The molecule has 10 heavy (non-hydrogen) atoms. The van der Waals surface area contributed by atoms with E-state index in [1.807, 2.05) is 0 Å². The standard InChI is InChI=1S/C6H7N3O/c1-4-5(3-7-2)9-6(10)8-4/h3H,1-2H2,(H2,8,9,10)/b5-3+. The van der Waals surface area contributed by atoms with Crippen molar-refractivity contribution in [2.24, 2.45) is 4.99 Å². The summed E-state index contributed by atoms with van der Waals surface area (Å²) in [5.41, 5.74) is -0.278. The monoisotopic (exact) mass is 137 g/mol. The van der Waals surface area contributed by atoms with Gasteiger partial charge >= 0.3 is 5.69 Å². The lowest BCUT2D eigenvalue weighted by atomic mass is 10.6. The number of rotatable bonds is 1. The van der Waals surface area contributed by atoms with Crippen molar-refractivity contribution >= 4 is 19.5 Å². The number of nitrogens with one attached hydrogen (secondary N) is 2. The van der Waals surface area contributed by atoms with Gasteiger partial charge in [-0.1, -0.05) is 6.58 Å². The Balaban J connectivity index is 3.57. The second kappa shape index (κ2) is 2.34. The molecule has 4 heteroatoms. The third-order valence-corrected chi connectivity index (χ3v) is 1.06. The van der Waals surface area contributed by atoms with E-state index in [0.717, 1.165) is 0 Å². The molecule has 0 saturated carbocycles. The van der Waals surface area contributed by atoms with Gasteiger partial charge in [0.05, 0.1) is 16.9 Å². The predicted octanol–water partition coefficient (Wildman–Crippen LogP) is -1.45. The first-order valence-electron chi connectivity index (χ1n) is 2.67. The van der Waals surface area contributed by atoms with Crippen LogP contribution in [0.4, 0.5) is 0 Å². The Bertz CT molecular complexity index is 384. The smallest absolute Gasteiger partial charge is 0.306 e. The first-order valence-corrected chi connectivity index (χ1v) is 2.67. The average Bonchev–Trinajstić information content (AvgIpc) is 2.13. The van der Waals surface area contributed by atoms with Crippen LogP contribution in [-0.2, 0) is 0 Å². The SMILES string of the molecule is C=N/C=c1/[nH]c(=O)[nH]c1=C. The fraction of sp³-hybridized carbons (Fsp3) is 0. The van der Waals surface area contributed by atoms with Crippen LogP contribution < -0.4 is 16.4 Å². The van der Waals surface area contributed by atoms with Crippen molar-refractivity contribution in [1.82, 2.24) is 9.97 Å². The first kappa shape index (κ1) is 6.54. The third kappa shape index (κ3) is 1.05. The lowest BCUT2D eigenvalue weighted by Crippen LogP contribution is -2.21. The molecule has 1 heterocycles. The molecule has 0 radical (unpaired) electrons. The molecule has 0 amide bonds. The molecule has 0 aromatic carbocycles. The lowest BCUT2D eigenvalue weighted by Gasteiger charge is -1.69. The third-order valence-electron chi connectivity index (χ3n) is 1.06. The van der Waals surface area contributed by atoms with Gasteiger partial charge in [0.15, 0.2) is 0 Å². The molecule has 0 unspecified atom stereocenters. The number of aromatic nitrogens is 2. The normalized spacial score (nSPS) is 11.8. The van der Waals surface area contributed by atoms with Crippen molar-refractivity contribution in [2.45, 2.75) is 0 Å². The zero-order valence-corrected chi connectivity index (χ0v) is 5.35. The molecule has 0 atom stereocenters. The van der Waals surface area contributed by atoms with E-state index in [2.05, 4.69) is 28.3 Å². The number of imidazole rings is 1. The molecular formula is C6H7N3O. The maximum atomic E-state index is 10.6. The van der Waals surface area contributed by atoms with Crippen LogP contribution in [0, 0.1) is 0 Å². The highest BCUT2D eigenvalue weighted by Gasteiger charge is 1.84. The lowest BCUT2D eigenvalue weighted by molar-refractivity contribution is 1.17. The summed E-state index contributed by atoms with van der Waals surface area (Å²) in [5.74, 6) is 0. The minimum Gasteiger partial charge on any atom is -0.306 e. The van der Waals surface area contributed by atoms with Gasteiger partial charge in [-0.2, -0.15) is 0 Å². The minimum atomic E-state index is -0.278. The Morgan fingerprint density at radius 2 is 2.20 bits per heavy atom. The highest BCUT2D eigenvalue weighted by molar-refractivity contribution is 5.35. The van der Waals surface area contributed by atoms with Gasteiger partial charge in [-0.25, -0.2) is 4.79 Å². The van der Waals surface area contributed by atoms with Crippen molar-refractivity contribution in [3.05, 3.63) is 21.2 Å². The van der Waals surface area contributed by atoms with Crippen molar-refractivity contribution in [3.8, 4) is 0 Å². The summed E-state index contributed by atoms with van der Waals surface area (Å²) in [5, 5.41) is 1.09. The van der Waals surface area contributed by atoms with E-state index >= 15 is 0 Å². The van der Waals surface area contributed by atoms with Gasteiger partial charge in [-0.3, -0.25) is 4.99 Å². The number of hydrogen-bond acceptors (Lipinski definition) is 2. The molecule has 2 N–H and O–H groups in total. The van der Waals surface area contributed by atoms with E-state index in [1.54, 1.807) is 0 Å². The fourth-order valence-corrected chi connectivity index (χ4v) is 0.635. The van der Waals surface area contributed by atoms with Gasteiger partial charge in [0.25, 0.3) is 0 Å². The van der Waals surface area contributed by atoms with E-state index in [9.17, 15) is 4.79 Å². The van der Waals surface area contributed by atoms with Crippen molar-refractivity contribution < 1.29 is 0 Å². The molecular weight excluding hydrogens is 130 g/mol. The summed E-state index contributed by atoms with van der Waals surface area (Å²) in [6.07, 6.45) is 1.43. The summed E-state index contributed by atoms with van der Waals surface area (Å²) in [4.78, 5) is 19.0. The van der Waals surface area contributed by atoms with Crippen LogP contribution in [0.2, 0.25) is 0 Å². The molecule has 0 aliphatic carbocycles. The maximum absolute atomic E-state index is 10.6. The molecule has 4 nitrogen and oxygen atoms in total. The highest BCUT2D eigenvalue weighted by Crippen LogP contribution is 1.55. The van der Waals surface area contributed by atoms with Crippen LogP contribution in [0.1, 0.15) is 0 Å². The molecule has 0 saturated heterocycles. The van der Waals surface area contributed by atoms with Gasteiger partial charge in [-0.15, -0.1) is 0 Å². The first-order chi connectivity index (χ1) is 4.74. The van der Waals surface area contributed by atoms with Crippen molar-refractivity contribution in [2.75, 3.05) is 0 Å². The predicted molar refractivity (Wildman–Crippen MR) is 40.2 cm³/mol. The number of nitrogens with zero attached hydrogens (tertiary/aromatic N) is 1. The number of aromatic amines is 2. The van der Waals surface area contributed by atoms with Crippen LogP contribution >= 0.6 is 0 Å². The van der Waals surface area contributed by atoms with Crippen LogP contribution in [0.5, 0.6) is 0 Å². The summed E-state index contributed by atoms with van der Waals surface area (Å²) < 4.78 is 0. The van der Waals surface area contributed by atoms with Crippen LogP contribution in [0.25, 0.3) is 12.8 Å². The molecule has 0 aliphatic heterocycles. The second-order valence-corrected chi connectivity index (χ2v) is 1.78. The Labute approximate surface area is 56.6 Å². The summed E-state index contributed by atoms with van der Waals surface area (Å²) >= 11 is 0. The van der Waals surface area contributed by atoms with E-state index in [4.69, 9.17) is 0 Å². The molecule has 1 aromatic rings. The van der Waals surface area contributed by atoms with Gasteiger partial charge in [0.2, 0.25) is 0 Å². The Morgan fingerprint density at radius 1 is 1.50 bits per heavy atom. The van der Waals surface area contributed by atoms with Gasteiger partial charge < -0.3 is 9.97 Å². The molecule has 1 rings (SSSR count). The number of H-pyrrole nitrogens is 2. The minimum absolute atomic E-state index is 0.278. The molecule has 0 fully saturated rings. The molecule has 0 bridgehead atoms. The summed E-state index contributed by atoms with van der Waals surface area (Å²) in [6.45, 7) is 6.79. The van der Waals surface area contributed by atoms with Crippen molar-refractivity contribution in [1.29, 1.82) is 0 Å². The molecule has 0 aliphatic rings. The van der Waals surface area contributed by atoms with E-state index in [1.165, 1.54) is 6.20 Å². The van der Waals surface area contributed by atoms with E-state index in [-0.39, 0.29) is 5.69 Å². The number of hydrogen-bond donors (Lipinski definition) is 2. The Morgan fingerprint density at radius 3 is 2.60 bits per heavy atom. The van der Waals surface area contributed by atoms with Crippen molar-refractivity contribution in [3.63, 3.8) is 0 Å². The molecule has 52 valence electrons. The quantitative estimate of drug-likeness (QED) is 0.457. The second-order valence-electron chi connectivity index (χ2n) is 1.78. The Hall–Kier alpha value is -1.58. The highest BCUT2D eigenvalue weighted by atomic mass is 16.1. The maximum Gasteiger partial charge on any atom is 0.323 e. The molecule has 0 spiro atoms. The number of aliphatic imine (C=N–C) groups is 1. The fourth-order valence-electron chi connectivity index (χ4n) is 0.635. The largest absolute Gasteiger partial charge is 0.323 e. The average molecular weight is 137 g/mol. The van der Waals surface area contributed by atoms with Gasteiger partial charge in [0, 0.05) is 0 Å². The zero-order valence-electron chi connectivity index (χ0n) is 5.35. The van der Waals surface area contributed by atoms with E-state index in [0.29, 0.717) is 10.7 Å². The Kier molecular flexibility index (Phi) is 1.53. The summed E-state index contributed by atoms with van der Waals surface area (Å²) in [7, 11) is 0.